The van der Waals surface area contributed by atoms with E-state index in [2.05, 4.69) is 11.4 Å². The normalized spacial score (nSPS) is 14.5. The molecule has 1 fully saturated rings. The van der Waals surface area contributed by atoms with Crippen LogP contribution in [-0.4, -0.2) is 60.9 Å². The molecule has 154 valence electrons. The van der Waals surface area contributed by atoms with E-state index < -0.39 is 0 Å². The van der Waals surface area contributed by atoms with E-state index in [1.807, 2.05) is 30.9 Å². The van der Waals surface area contributed by atoms with E-state index >= 15 is 0 Å². The lowest BCUT2D eigenvalue weighted by atomic mass is 10.1. The number of nitrogens with one attached hydrogen (secondary N) is 1. The highest BCUT2D eigenvalue weighted by molar-refractivity contribution is 5.92. The zero-order chi connectivity index (χ0) is 20.8. The second-order valence-corrected chi connectivity index (χ2v) is 7.32. The Morgan fingerprint density at radius 3 is 2.24 bits per heavy atom. The molecular formula is C22H26FN3O3. The second kappa shape index (κ2) is 9.52. The van der Waals surface area contributed by atoms with Crippen molar-refractivity contribution in [1.29, 1.82) is 0 Å². The molecule has 2 aromatic carbocycles. The number of halogens is 1. The summed E-state index contributed by atoms with van der Waals surface area (Å²) in [4.78, 5) is 28.4. The SMILES string of the molecule is Cc1cc(C)cc(NC(=O)CN2CCN(C(=O)COc3ccc(F)cc3)CC2)c1. The number of piperazine rings is 1. The first-order valence-electron chi connectivity index (χ1n) is 9.66. The summed E-state index contributed by atoms with van der Waals surface area (Å²) in [6, 6.07) is 11.5. The van der Waals surface area contributed by atoms with Gasteiger partial charge in [-0.05, 0) is 61.4 Å². The Hall–Kier alpha value is -2.93. The molecule has 1 aliphatic heterocycles. The first kappa shape index (κ1) is 20.8. The first-order valence-corrected chi connectivity index (χ1v) is 9.66. The Bertz CT molecular complexity index is 842. The van der Waals surface area contributed by atoms with E-state index in [9.17, 15) is 14.0 Å². The number of anilines is 1. The Labute approximate surface area is 170 Å². The van der Waals surface area contributed by atoms with Crippen LogP contribution in [0.5, 0.6) is 5.75 Å². The maximum Gasteiger partial charge on any atom is 0.260 e. The topological polar surface area (TPSA) is 61.9 Å². The number of rotatable bonds is 6. The predicted octanol–water partition coefficient (Wildman–Crippen LogP) is 2.60. The van der Waals surface area contributed by atoms with Gasteiger partial charge >= 0.3 is 0 Å². The van der Waals surface area contributed by atoms with Crippen molar-refractivity contribution < 1.29 is 18.7 Å². The number of ether oxygens (including phenoxy) is 1. The van der Waals surface area contributed by atoms with Crippen LogP contribution in [0.2, 0.25) is 0 Å². The summed E-state index contributed by atoms with van der Waals surface area (Å²) < 4.78 is 18.3. The highest BCUT2D eigenvalue weighted by atomic mass is 19.1. The van der Waals surface area contributed by atoms with Gasteiger partial charge in [0.05, 0.1) is 6.54 Å². The fraction of sp³-hybridized carbons (Fsp3) is 0.364. The summed E-state index contributed by atoms with van der Waals surface area (Å²) in [5, 5.41) is 2.94. The summed E-state index contributed by atoms with van der Waals surface area (Å²) in [5.41, 5.74) is 3.02. The van der Waals surface area contributed by atoms with Crippen LogP contribution in [0.25, 0.3) is 0 Å². The summed E-state index contributed by atoms with van der Waals surface area (Å²) in [6.07, 6.45) is 0. The van der Waals surface area contributed by atoms with E-state index in [0.717, 1.165) is 16.8 Å². The number of amides is 2. The van der Waals surface area contributed by atoms with Crippen molar-refractivity contribution in [2.45, 2.75) is 13.8 Å². The van der Waals surface area contributed by atoms with E-state index in [-0.39, 0.29) is 24.2 Å². The highest BCUT2D eigenvalue weighted by Crippen LogP contribution is 2.14. The number of benzene rings is 2. The fourth-order valence-electron chi connectivity index (χ4n) is 3.37. The molecule has 1 N–H and O–H groups in total. The summed E-state index contributed by atoms with van der Waals surface area (Å²) >= 11 is 0. The molecule has 0 saturated carbocycles. The van der Waals surface area contributed by atoms with Crippen LogP contribution in [0.15, 0.2) is 42.5 Å². The molecule has 29 heavy (non-hydrogen) atoms. The van der Waals surface area contributed by atoms with Gasteiger partial charge in [-0.3, -0.25) is 14.5 Å². The van der Waals surface area contributed by atoms with Crippen LogP contribution in [0.1, 0.15) is 11.1 Å². The van der Waals surface area contributed by atoms with Crippen molar-refractivity contribution in [2.75, 3.05) is 44.6 Å². The first-order chi connectivity index (χ1) is 13.9. The highest BCUT2D eigenvalue weighted by Gasteiger charge is 2.22. The number of carbonyl (C=O) groups is 2. The minimum absolute atomic E-state index is 0.0607. The summed E-state index contributed by atoms with van der Waals surface area (Å²) in [7, 11) is 0. The quantitative estimate of drug-likeness (QED) is 0.811. The molecule has 0 atom stereocenters. The molecule has 0 aromatic heterocycles. The van der Waals surface area contributed by atoms with Gasteiger partial charge in [0.1, 0.15) is 11.6 Å². The molecule has 7 heteroatoms. The number of aryl methyl sites for hydroxylation is 2. The van der Waals surface area contributed by atoms with Crippen LogP contribution in [0.4, 0.5) is 10.1 Å². The zero-order valence-corrected chi connectivity index (χ0v) is 16.8. The van der Waals surface area contributed by atoms with Gasteiger partial charge in [0.25, 0.3) is 5.91 Å². The standard InChI is InChI=1S/C22H26FN3O3/c1-16-11-17(2)13-19(12-16)24-21(27)14-25-7-9-26(10-8-25)22(28)15-29-20-5-3-18(23)4-6-20/h3-6,11-13H,7-10,14-15H2,1-2H3,(H,24,27). The van der Waals surface area contributed by atoms with E-state index in [1.165, 1.54) is 24.3 Å². The van der Waals surface area contributed by atoms with Gasteiger partial charge in [-0.25, -0.2) is 4.39 Å². The number of hydrogen-bond donors (Lipinski definition) is 1. The molecule has 1 aliphatic rings. The van der Waals surface area contributed by atoms with Gasteiger partial charge in [-0.15, -0.1) is 0 Å². The van der Waals surface area contributed by atoms with E-state index in [4.69, 9.17) is 4.74 Å². The van der Waals surface area contributed by atoms with Gasteiger partial charge in [-0.1, -0.05) is 6.07 Å². The number of nitrogens with zero attached hydrogens (tertiary/aromatic N) is 2. The van der Waals surface area contributed by atoms with Gasteiger partial charge in [0, 0.05) is 31.9 Å². The van der Waals surface area contributed by atoms with Crippen molar-refractivity contribution in [2.24, 2.45) is 0 Å². The predicted molar refractivity (Wildman–Crippen MR) is 109 cm³/mol. The smallest absolute Gasteiger partial charge is 0.260 e. The Kier molecular flexibility index (Phi) is 6.82. The van der Waals surface area contributed by atoms with Crippen molar-refractivity contribution in [3.63, 3.8) is 0 Å². The second-order valence-electron chi connectivity index (χ2n) is 7.32. The molecule has 3 rings (SSSR count). The number of carbonyl (C=O) groups excluding carboxylic acids is 2. The number of hydrogen-bond acceptors (Lipinski definition) is 4. The van der Waals surface area contributed by atoms with Crippen LogP contribution in [0, 0.1) is 19.7 Å². The zero-order valence-electron chi connectivity index (χ0n) is 16.8. The molecule has 0 aliphatic carbocycles. The van der Waals surface area contributed by atoms with E-state index in [1.54, 1.807) is 4.90 Å². The van der Waals surface area contributed by atoms with Crippen molar-refractivity contribution in [3.8, 4) is 5.75 Å². The van der Waals surface area contributed by atoms with Crippen LogP contribution < -0.4 is 10.1 Å². The third-order valence-electron chi connectivity index (χ3n) is 4.77. The minimum atomic E-state index is -0.346. The molecule has 0 radical (unpaired) electrons. The van der Waals surface area contributed by atoms with Gasteiger partial charge in [-0.2, -0.15) is 0 Å². The fourth-order valence-corrected chi connectivity index (χ4v) is 3.37. The average Bonchev–Trinajstić information content (AvgIpc) is 2.67. The van der Waals surface area contributed by atoms with Gasteiger partial charge in [0.15, 0.2) is 6.61 Å². The lowest BCUT2D eigenvalue weighted by molar-refractivity contribution is -0.135. The third-order valence-corrected chi connectivity index (χ3v) is 4.77. The average molecular weight is 399 g/mol. The van der Waals surface area contributed by atoms with E-state index in [0.29, 0.717) is 38.5 Å². The van der Waals surface area contributed by atoms with Gasteiger partial charge in [0.2, 0.25) is 5.91 Å². The summed E-state index contributed by atoms with van der Waals surface area (Å²) in [5.74, 6) is -0.0640. The molecule has 0 unspecified atom stereocenters. The van der Waals surface area contributed by atoms with Crippen LogP contribution in [-0.2, 0) is 9.59 Å². The maximum absolute atomic E-state index is 12.9. The van der Waals surface area contributed by atoms with Gasteiger partial charge < -0.3 is 15.0 Å². The Balaban J connectivity index is 1.40. The Morgan fingerprint density at radius 1 is 1.00 bits per heavy atom. The molecule has 2 aromatic rings. The Morgan fingerprint density at radius 2 is 1.62 bits per heavy atom. The molecule has 6 nitrogen and oxygen atoms in total. The summed E-state index contributed by atoms with van der Waals surface area (Å²) in [6.45, 7) is 6.55. The molecule has 2 amide bonds. The lowest BCUT2D eigenvalue weighted by Gasteiger charge is -2.34. The van der Waals surface area contributed by atoms with Crippen LogP contribution in [0.3, 0.4) is 0 Å². The molecule has 1 saturated heterocycles. The molecule has 1 heterocycles. The molecular weight excluding hydrogens is 373 g/mol. The minimum Gasteiger partial charge on any atom is -0.484 e. The molecule has 0 spiro atoms. The van der Waals surface area contributed by atoms with Crippen molar-refractivity contribution in [3.05, 3.63) is 59.4 Å². The third kappa shape index (κ3) is 6.29. The van der Waals surface area contributed by atoms with Crippen molar-refractivity contribution in [1.82, 2.24) is 9.80 Å². The van der Waals surface area contributed by atoms with Crippen molar-refractivity contribution >= 4 is 17.5 Å². The largest absolute Gasteiger partial charge is 0.484 e. The lowest BCUT2D eigenvalue weighted by Crippen LogP contribution is -2.51. The van der Waals surface area contributed by atoms with Crippen LogP contribution >= 0.6 is 0 Å². The maximum atomic E-state index is 12.9. The monoisotopic (exact) mass is 399 g/mol. The molecule has 0 bridgehead atoms.